The van der Waals surface area contributed by atoms with Gasteiger partial charge in [0, 0.05) is 10.7 Å². The molecule has 3 aromatic rings. The minimum atomic E-state index is -0.414. The van der Waals surface area contributed by atoms with Crippen LogP contribution in [0, 0.1) is 13.8 Å². The van der Waals surface area contributed by atoms with Gasteiger partial charge in [0.15, 0.2) is 0 Å². The molecule has 0 bridgehead atoms. The molecule has 0 saturated carbocycles. The van der Waals surface area contributed by atoms with Crippen LogP contribution in [0.5, 0.6) is 0 Å². The van der Waals surface area contributed by atoms with Gasteiger partial charge in [-0.3, -0.25) is 4.79 Å². The fourth-order valence-corrected chi connectivity index (χ4v) is 4.28. The summed E-state index contributed by atoms with van der Waals surface area (Å²) in [5, 5.41) is 12.1. The van der Waals surface area contributed by atoms with E-state index in [1.165, 1.54) is 17.3 Å². The van der Waals surface area contributed by atoms with Crippen molar-refractivity contribution in [2.45, 2.75) is 30.3 Å². The summed E-state index contributed by atoms with van der Waals surface area (Å²) in [6, 6.07) is 15.1. The van der Waals surface area contributed by atoms with Crippen LogP contribution >= 0.6 is 23.4 Å². The summed E-state index contributed by atoms with van der Waals surface area (Å²) in [7, 11) is 0. The summed E-state index contributed by atoms with van der Waals surface area (Å²) in [5.74, 6) is 0.635. The van der Waals surface area contributed by atoms with Gasteiger partial charge in [-0.15, -0.1) is 10.2 Å². The van der Waals surface area contributed by atoms with E-state index in [9.17, 15) is 4.79 Å². The average molecular weight is 400 g/mol. The molecule has 8 heteroatoms. The fraction of sp³-hybridized carbons (Fsp3) is 0.211. The molecule has 0 radical (unpaired) electrons. The Labute approximate surface area is 166 Å². The second-order valence-corrected chi connectivity index (χ2v) is 7.97. The maximum absolute atomic E-state index is 13.1. The first-order valence-electron chi connectivity index (χ1n) is 8.49. The molecule has 1 amide bonds. The first-order valence-corrected chi connectivity index (χ1v) is 9.75. The van der Waals surface area contributed by atoms with Crippen molar-refractivity contribution in [3.63, 3.8) is 0 Å². The van der Waals surface area contributed by atoms with E-state index in [2.05, 4.69) is 20.9 Å². The highest BCUT2D eigenvalue weighted by Gasteiger charge is 2.37. The molecule has 138 valence electrons. The lowest BCUT2D eigenvalue weighted by molar-refractivity contribution is -0.116. The van der Waals surface area contributed by atoms with Crippen molar-refractivity contribution in [3.8, 4) is 0 Å². The van der Waals surface area contributed by atoms with Crippen LogP contribution in [0.2, 0.25) is 5.02 Å². The zero-order valence-corrected chi connectivity index (χ0v) is 16.4. The lowest BCUT2D eigenvalue weighted by Gasteiger charge is -2.32. The zero-order chi connectivity index (χ0) is 19.0. The summed E-state index contributed by atoms with van der Waals surface area (Å²) in [4.78, 5) is 13.1. The molecule has 27 heavy (non-hydrogen) atoms. The number of aromatic nitrogens is 3. The molecule has 2 aromatic carbocycles. The summed E-state index contributed by atoms with van der Waals surface area (Å²) in [6.07, 6.45) is 0. The van der Waals surface area contributed by atoms with E-state index in [1.54, 1.807) is 12.1 Å². The van der Waals surface area contributed by atoms with E-state index in [-0.39, 0.29) is 11.9 Å². The lowest BCUT2D eigenvalue weighted by atomic mass is 10.0. The zero-order valence-electron chi connectivity index (χ0n) is 14.8. The molecule has 2 unspecified atom stereocenters. The van der Waals surface area contributed by atoms with Gasteiger partial charge < -0.3 is 10.7 Å². The number of benzene rings is 2. The van der Waals surface area contributed by atoms with Gasteiger partial charge in [0.05, 0.1) is 6.04 Å². The molecule has 0 spiro atoms. The summed E-state index contributed by atoms with van der Waals surface area (Å²) in [6.45, 7) is 3.92. The van der Waals surface area contributed by atoms with Crippen molar-refractivity contribution < 1.29 is 4.79 Å². The largest absolute Gasteiger partial charge is 0.325 e. The number of rotatable bonds is 3. The monoisotopic (exact) mass is 399 g/mol. The average Bonchev–Trinajstić information content (AvgIpc) is 3.02. The minimum absolute atomic E-state index is 0.118. The second kappa shape index (κ2) is 7.25. The van der Waals surface area contributed by atoms with Gasteiger partial charge in [-0.1, -0.05) is 59.3 Å². The molecule has 1 aromatic heterocycles. The van der Waals surface area contributed by atoms with Crippen LogP contribution in [0.25, 0.3) is 0 Å². The molecule has 2 heterocycles. The number of amides is 1. The standard InChI is InChI=1S/C19H18ClN5OS/c1-11-6-8-13(9-7-11)16-17(27-19-23-22-12(2)25(19)24-16)18(26)21-15-5-3-4-14(20)10-15/h3-10,16-17,24H,1-2H3,(H,21,26). The molecule has 0 fully saturated rings. The Kier molecular flexibility index (Phi) is 4.80. The highest BCUT2D eigenvalue weighted by Crippen LogP contribution is 2.37. The van der Waals surface area contributed by atoms with E-state index in [1.807, 2.05) is 54.9 Å². The molecular weight excluding hydrogens is 382 g/mol. The Hall–Kier alpha value is -2.51. The highest BCUT2D eigenvalue weighted by atomic mass is 35.5. The molecule has 0 aliphatic carbocycles. The minimum Gasteiger partial charge on any atom is -0.325 e. The van der Waals surface area contributed by atoms with Gasteiger partial charge in [-0.25, -0.2) is 4.68 Å². The Morgan fingerprint density at radius 3 is 2.70 bits per heavy atom. The van der Waals surface area contributed by atoms with E-state index < -0.39 is 5.25 Å². The van der Waals surface area contributed by atoms with Crippen molar-refractivity contribution in [3.05, 3.63) is 70.5 Å². The third-order valence-electron chi connectivity index (χ3n) is 4.39. The van der Waals surface area contributed by atoms with Crippen LogP contribution < -0.4 is 10.7 Å². The maximum atomic E-state index is 13.1. The number of thioether (sulfide) groups is 1. The number of aryl methyl sites for hydroxylation is 2. The summed E-state index contributed by atoms with van der Waals surface area (Å²) < 4.78 is 1.83. The lowest BCUT2D eigenvalue weighted by Crippen LogP contribution is -2.41. The molecule has 1 aliphatic rings. The number of nitrogens with zero attached hydrogens (tertiary/aromatic N) is 3. The van der Waals surface area contributed by atoms with Crippen LogP contribution in [-0.2, 0) is 4.79 Å². The molecule has 4 rings (SSSR count). The SMILES string of the molecule is Cc1ccc(C2Nn3c(C)nnc3SC2C(=O)Nc2cccc(Cl)c2)cc1. The van der Waals surface area contributed by atoms with E-state index in [4.69, 9.17) is 11.6 Å². The second-order valence-electron chi connectivity index (χ2n) is 6.42. The number of carbonyl (C=O) groups excluding carboxylic acids is 1. The first kappa shape index (κ1) is 17.9. The third-order valence-corrected chi connectivity index (χ3v) is 5.84. The Morgan fingerprint density at radius 1 is 1.19 bits per heavy atom. The number of hydrogen-bond acceptors (Lipinski definition) is 5. The topological polar surface area (TPSA) is 71.8 Å². The molecule has 2 atom stereocenters. The van der Waals surface area contributed by atoms with E-state index in [0.29, 0.717) is 15.9 Å². The fourth-order valence-electron chi connectivity index (χ4n) is 2.96. The third kappa shape index (κ3) is 3.65. The van der Waals surface area contributed by atoms with Crippen molar-refractivity contribution in [2.24, 2.45) is 0 Å². The molecule has 6 nitrogen and oxygen atoms in total. The summed E-state index contributed by atoms with van der Waals surface area (Å²) in [5.41, 5.74) is 6.25. The predicted octanol–water partition coefficient (Wildman–Crippen LogP) is 3.95. The smallest absolute Gasteiger partial charge is 0.240 e. The van der Waals surface area contributed by atoms with E-state index in [0.717, 1.165) is 11.4 Å². The van der Waals surface area contributed by atoms with Crippen LogP contribution in [0.1, 0.15) is 23.0 Å². The van der Waals surface area contributed by atoms with Gasteiger partial charge in [0.2, 0.25) is 11.1 Å². The highest BCUT2D eigenvalue weighted by molar-refractivity contribution is 8.00. The van der Waals surface area contributed by atoms with Crippen LogP contribution in [-0.4, -0.2) is 26.0 Å². The van der Waals surface area contributed by atoms with Gasteiger partial charge in [-0.2, -0.15) is 0 Å². The van der Waals surface area contributed by atoms with Gasteiger partial charge in [0.1, 0.15) is 11.1 Å². The molecule has 2 N–H and O–H groups in total. The number of carbonyl (C=O) groups is 1. The van der Waals surface area contributed by atoms with Gasteiger partial charge in [0.25, 0.3) is 0 Å². The number of halogens is 1. The van der Waals surface area contributed by atoms with Crippen LogP contribution in [0.4, 0.5) is 5.69 Å². The van der Waals surface area contributed by atoms with Crippen LogP contribution in [0.3, 0.4) is 0 Å². The van der Waals surface area contributed by atoms with Gasteiger partial charge in [-0.05, 0) is 37.6 Å². The van der Waals surface area contributed by atoms with Crippen molar-refractivity contribution in [1.82, 2.24) is 14.9 Å². The predicted molar refractivity (Wildman–Crippen MR) is 108 cm³/mol. The molecule has 0 saturated heterocycles. The molecule has 1 aliphatic heterocycles. The van der Waals surface area contributed by atoms with Crippen molar-refractivity contribution in [1.29, 1.82) is 0 Å². The number of hydrogen-bond donors (Lipinski definition) is 2. The van der Waals surface area contributed by atoms with E-state index >= 15 is 0 Å². The Balaban J connectivity index is 1.66. The van der Waals surface area contributed by atoms with Crippen LogP contribution in [0.15, 0.2) is 53.7 Å². The van der Waals surface area contributed by atoms with Gasteiger partial charge >= 0.3 is 0 Å². The van der Waals surface area contributed by atoms with Crippen molar-refractivity contribution in [2.75, 3.05) is 10.7 Å². The van der Waals surface area contributed by atoms with Crippen molar-refractivity contribution >= 4 is 35.0 Å². The Morgan fingerprint density at radius 2 is 1.96 bits per heavy atom. The number of fused-ring (bicyclic) bond motifs is 1. The maximum Gasteiger partial charge on any atom is 0.240 e. The number of nitrogens with one attached hydrogen (secondary N) is 2. The quantitative estimate of drug-likeness (QED) is 0.697. The Bertz CT molecular complexity index is 988. The summed E-state index contributed by atoms with van der Waals surface area (Å²) >= 11 is 7.43. The molecular formula is C19H18ClN5OS. The number of anilines is 1. The normalized spacial score (nSPS) is 18.5. The first-order chi connectivity index (χ1) is 13.0.